The molecule has 0 aliphatic heterocycles. The zero-order valence-corrected chi connectivity index (χ0v) is 12.5. The molecule has 2 saturated carbocycles. The average Bonchev–Trinajstić information content (AvgIpc) is 2.38. The number of benzene rings is 1. The van der Waals surface area contributed by atoms with E-state index in [1.807, 2.05) is 0 Å². The summed E-state index contributed by atoms with van der Waals surface area (Å²) in [5.74, 6) is -0.0694. The minimum Gasteiger partial charge on any atom is -0.490 e. The van der Waals surface area contributed by atoms with Crippen LogP contribution in [0, 0.1) is 11.3 Å². The predicted molar refractivity (Wildman–Crippen MR) is 78.6 cm³/mol. The Hall–Kier alpha value is -1.98. The SMILES string of the molecule is C=C(C(N)=O)C1CC2(CC(Oc3cccc(C(F)(F)F)c3)C2)C1. The zero-order chi connectivity index (χ0) is 16.8. The van der Waals surface area contributed by atoms with E-state index in [0.29, 0.717) is 5.57 Å². The molecule has 0 bridgehead atoms. The number of amides is 1. The zero-order valence-electron chi connectivity index (χ0n) is 12.5. The van der Waals surface area contributed by atoms with Gasteiger partial charge in [0.15, 0.2) is 0 Å². The molecule has 2 aliphatic carbocycles. The monoisotopic (exact) mass is 325 g/mol. The second-order valence-corrected chi connectivity index (χ2v) is 6.67. The van der Waals surface area contributed by atoms with Gasteiger partial charge in [0.05, 0.1) is 11.7 Å². The van der Waals surface area contributed by atoms with E-state index in [9.17, 15) is 18.0 Å². The Bertz CT molecular complexity index is 639. The normalized spacial score (nSPS) is 29.5. The molecular formula is C17H18F3NO2. The first-order chi connectivity index (χ1) is 10.7. The molecule has 0 heterocycles. The van der Waals surface area contributed by atoms with Gasteiger partial charge in [-0.05, 0) is 55.2 Å². The third-order valence-corrected chi connectivity index (χ3v) is 4.95. The molecule has 3 rings (SSSR count). The number of carbonyl (C=O) groups is 1. The Morgan fingerprint density at radius 1 is 1.26 bits per heavy atom. The van der Waals surface area contributed by atoms with Gasteiger partial charge in [-0.15, -0.1) is 0 Å². The molecule has 23 heavy (non-hydrogen) atoms. The highest BCUT2D eigenvalue weighted by Gasteiger charge is 2.54. The number of halogens is 3. The summed E-state index contributed by atoms with van der Waals surface area (Å²) in [4.78, 5) is 11.1. The topological polar surface area (TPSA) is 52.3 Å². The highest BCUT2D eigenvalue weighted by Crippen LogP contribution is 2.60. The van der Waals surface area contributed by atoms with Gasteiger partial charge in [0.25, 0.3) is 0 Å². The first kappa shape index (κ1) is 15.9. The van der Waals surface area contributed by atoms with E-state index in [1.165, 1.54) is 6.07 Å². The summed E-state index contributed by atoms with van der Waals surface area (Å²) >= 11 is 0. The summed E-state index contributed by atoms with van der Waals surface area (Å²) in [5.41, 5.74) is 5.13. The van der Waals surface area contributed by atoms with Crippen molar-refractivity contribution >= 4 is 5.91 Å². The van der Waals surface area contributed by atoms with Gasteiger partial charge in [-0.3, -0.25) is 4.79 Å². The lowest BCUT2D eigenvalue weighted by Crippen LogP contribution is -2.53. The van der Waals surface area contributed by atoms with E-state index < -0.39 is 17.6 Å². The maximum absolute atomic E-state index is 12.7. The first-order valence-corrected chi connectivity index (χ1v) is 7.51. The molecule has 2 aliphatic rings. The smallest absolute Gasteiger partial charge is 0.416 e. The van der Waals surface area contributed by atoms with E-state index >= 15 is 0 Å². The van der Waals surface area contributed by atoms with Gasteiger partial charge >= 0.3 is 6.18 Å². The molecule has 0 radical (unpaired) electrons. The van der Waals surface area contributed by atoms with Crippen molar-refractivity contribution in [1.82, 2.24) is 0 Å². The Morgan fingerprint density at radius 2 is 1.91 bits per heavy atom. The van der Waals surface area contributed by atoms with Crippen LogP contribution < -0.4 is 10.5 Å². The summed E-state index contributed by atoms with van der Waals surface area (Å²) in [7, 11) is 0. The predicted octanol–water partition coefficient (Wildman–Crippen LogP) is 3.68. The van der Waals surface area contributed by atoms with Crippen molar-refractivity contribution in [1.29, 1.82) is 0 Å². The van der Waals surface area contributed by atoms with Crippen molar-refractivity contribution in [2.45, 2.75) is 38.0 Å². The summed E-state index contributed by atoms with van der Waals surface area (Å²) in [6, 6.07) is 4.95. The van der Waals surface area contributed by atoms with E-state index in [-0.39, 0.29) is 23.2 Å². The Labute approximate surface area is 132 Å². The molecule has 1 spiro atoms. The highest BCUT2D eigenvalue weighted by molar-refractivity contribution is 5.92. The fraction of sp³-hybridized carbons (Fsp3) is 0.471. The number of nitrogens with two attached hydrogens (primary N) is 1. The van der Waals surface area contributed by atoms with Gasteiger partial charge < -0.3 is 10.5 Å². The molecule has 1 amide bonds. The van der Waals surface area contributed by atoms with E-state index in [2.05, 4.69) is 6.58 Å². The average molecular weight is 325 g/mol. The molecule has 0 aromatic heterocycles. The molecule has 124 valence electrons. The number of carbonyl (C=O) groups excluding carboxylic acids is 1. The largest absolute Gasteiger partial charge is 0.490 e. The first-order valence-electron chi connectivity index (χ1n) is 7.51. The third-order valence-electron chi connectivity index (χ3n) is 4.95. The van der Waals surface area contributed by atoms with Gasteiger partial charge in [-0.2, -0.15) is 13.2 Å². The maximum Gasteiger partial charge on any atom is 0.416 e. The van der Waals surface area contributed by atoms with Gasteiger partial charge in [0, 0.05) is 5.57 Å². The number of hydrogen-bond acceptors (Lipinski definition) is 2. The number of ether oxygens (including phenoxy) is 1. The van der Waals surface area contributed by atoms with Crippen molar-refractivity contribution in [2.75, 3.05) is 0 Å². The summed E-state index contributed by atoms with van der Waals surface area (Å²) in [6.07, 6.45) is -1.12. The molecule has 2 N–H and O–H groups in total. The maximum atomic E-state index is 12.7. The standard InChI is InChI=1S/C17H18F3NO2/c1-10(15(21)22)11-6-16(7-11)8-14(9-16)23-13-4-2-3-12(5-13)17(18,19)20/h2-5,11,14H,1,6-9H2,(H2,21,22). The van der Waals surface area contributed by atoms with Gasteiger partial charge in [-0.25, -0.2) is 0 Å². The van der Waals surface area contributed by atoms with Crippen LogP contribution in [0.15, 0.2) is 36.4 Å². The molecule has 1 aromatic rings. The molecule has 0 saturated heterocycles. The Balaban J connectivity index is 1.52. The fourth-order valence-corrected chi connectivity index (χ4v) is 3.69. The summed E-state index contributed by atoms with van der Waals surface area (Å²) in [5, 5.41) is 0. The molecule has 0 atom stereocenters. The molecule has 2 fully saturated rings. The quantitative estimate of drug-likeness (QED) is 0.859. The molecule has 6 heteroatoms. The van der Waals surface area contributed by atoms with Crippen molar-refractivity contribution < 1.29 is 22.7 Å². The van der Waals surface area contributed by atoms with Crippen LogP contribution in [0.4, 0.5) is 13.2 Å². The Morgan fingerprint density at radius 3 is 2.48 bits per heavy atom. The van der Waals surface area contributed by atoms with Crippen LogP contribution >= 0.6 is 0 Å². The van der Waals surface area contributed by atoms with Gasteiger partial charge in [-0.1, -0.05) is 12.6 Å². The number of primary amides is 1. The highest BCUT2D eigenvalue weighted by atomic mass is 19.4. The minimum atomic E-state index is -4.36. The van der Waals surface area contributed by atoms with Gasteiger partial charge in [0.2, 0.25) is 5.91 Å². The lowest BCUT2D eigenvalue weighted by molar-refractivity contribution is -0.138. The molecule has 1 aromatic carbocycles. The lowest BCUT2D eigenvalue weighted by Gasteiger charge is -2.57. The second kappa shape index (κ2) is 5.28. The van der Waals surface area contributed by atoms with Crippen molar-refractivity contribution in [3.63, 3.8) is 0 Å². The summed E-state index contributed by atoms with van der Waals surface area (Å²) < 4.78 is 43.7. The van der Waals surface area contributed by atoms with Crippen LogP contribution in [-0.4, -0.2) is 12.0 Å². The van der Waals surface area contributed by atoms with Crippen LogP contribution in [-0.2, 0) is 11.0 Å². The number of rotatable bonds is 4. The number of alkyl halides is 3. The third kappa shape index (κ3) is 3.07. The summed E-state index contributed by atoms with van der Waals surface area (Å²) in [6.45, 7) is 3.71. The Kier molecular flexibility index (Phi) is 3.65. The lowest BCUT2D eigenvalue weighted by atomic mass is 9.49. The van der Waals surface area contributed by atoms with Crippen LogP contribution in [0.5, 0.6) is 5.75 Å². The van der Waals surface area contributed by atoms with E-state index in [4.69, 9.17) is 10.5 Å². The molecule has 3 nitrogen and oxygen atoms in total. The van der Waals surface area contributed by atoms with E-state index in [0.717, 1.165) is 37.8 Å². The van der Waals surface area contributed by atoms with Crippen LogP contribution in [0.2, 0.25) is 0 Å². The van der Waals surface area contributed by atoms with Crippen LogP contribution in [0.1, 0.15) is 31.2 Å². The van der Waals surface area contributed by atoms with E-state index in [1.54, 1.807) is 6.07 Å². The second-order valence-electron chi connectivity index (χ2n) is 6.67. The molecular weight excluding hydrogens is 307 g/mol. The van der Waals surface area contributed by atoms with Crippen molar-refractivity contribution in [3.8, 4) is 5.75 Å². The van der Waals surface area contributed by atoms with Crippen molar-refractivity contribution in [3.05, 3.63) is 42.0 Å². The number of hydrogen-bond donors (Lipinski definition) is 1. The molecule has 0 unspecified atom stereocenters. The van der Waals surface area contributed by atoms with Crippen LogP contribution in [0.3, 0.4) is 0 Å². The van der Waals surface area contributed by atoms with Crippen molar-refractivity contribution in [2.24, 2.45) is 17.1 Å². The minimum absolute atomic E-state index is 0.0683. The van der Waals surface area contributed by atoms with Gasteiger partial charge in [0.1, 0.15) is 5.75 Å². The van der Waals surface area contributed by atoms with Crippen LogP contribution in [0.25, 0.3) is 0 Å². The fourth-order valence-electron chi connectivity index (χ4n) is 3.69.